The van der Waals surface area contributed by atoms with Gasteiger partial charge in [0.2, 0.25) is 0 Å². The molecular formula is C19H20N2OS. The lowest BCUT2D eigenvalue weighted by Crippen LogP contribution is -2.44. The Morgan fingerprint density at radius 2 is 2.13 bits per heavy atom. The maximum Gasteiger partial charge on any atom is 0.255 e. The molecule has 1 fully saturated rings. The van der Waals surface area contributed by atoms with E-state index in [0.29, 0.717) is 11.1 Å². The largest absolute Gasteiger partial charge is 0.336 e. The minimum absolute atomic E-state index is 0.0121. The summed E-state index contributed by atoms with van der Waals surface area (Å²) < 4.78 is 0. The number of hydrogen-bond donors (Lipinski definition) is 0. The van der Waals surface area contributed by atoms with Gasteiger partial charge in [-0.25, -0.2) is 0 Å². The van der Waals surface area contributed by atoms with E-state index in [1.165, 1.54) is 11.3 Å². The molecule has 0 bridgehead atoms. The molecule has 2 heterocycles. The number of aryl methyl sites for hydroxylation is 1. The van der Waals surface area contributed by atoms with Gasteiger partial charge in [0.15, 0.2) is 0 Å². The number of thiophene rings is 1. The molecule has 1 aromatic carbocycles. The lowest BCUT2D eigenvalue weighted by atomic mass is 9.96. The van der Waals surface area contributed by atoms with Crippen LogP contribution >= 0.6 is 11.3 Å². The Labute approximate surface area is 141 Å². The minimum atomic E-state index is 0.0121. The molecule has 0 unspecified atom stereocenters. The van der Waals surface area contributed by atoms with Crippen LogP contribution in [0.3, 0.4) is 0 Å². The molecule has 1 saturated heterocycles. The Kier molecular flexibility index (Phi) is 5.09. The first-order valence-electron chi connectivity index (χ1n) is 8.12. The van der Waals surface area contributed by atoms with E-state index in [9.17, 15) is 10.1 Å². The number of hydrogen-bond acceptors (Lipinski definition) is 3. The van der Waals surface area contributed by atoms with Gasteiger partial charge in [-0.3, -0.25) is 4.79 Å². The van der Waals surface area contributed by atoms with Gasteiger partial charge in [0, 0.05) is 17.5 Å². The Morgan fingerprint density at radius 3 is 2.91 bits per heavy atom. The standard InChI is InChI=1S/C19H20N2OS/c20-14-15-6-1-2-9-18(15)19(22)21-12-4-3-7-16(21)10-11-17-8-5-13-23-17/h1-2,5-6,8-9,13,16H,3-4,7,10-12H2/t16-/m0/s1. The molecule has 3 nitrogen and oxygen atoms in total. The maximum absolute atomic E-state index is 12.9. The normalized spacial score (nSPS) is 17.7. The molecule has 0 N–H and O–H groups in total. The molecule has 0 saturated carbocycles. The number of amides is 1. The van der Waals surface area contributed by atoms with E-state index < -0.39 is 0 Å². The Morgan fingerprint density at radius 1 is 1.26 bits per heavy atom. The van der Waals surface area contributed by atoms with Crippen LogP contribution in [0.4, 0.5) is 0 Å². The average molecular weight is 324 g/mol. The SMILES string of the molecule is N#Cc1ccccc1C(=O)N1CCCC[C@H]1CCc1cccs1. The third kappa shape index (κ3) is 3.62. The fraction of sp³-hybridized carbons (Fsp3) is 0.368. The molecule has 1 aromatic heterocycles. The summed E-state index contributed by atoms with van der Waals surface area (Å²) >= 11 is 1.78. The van der Waals surface area contributed by atoms with Crippen molar-refractivity contribution in [2.75, 3.05) is 6.54 Å². The zero-order valence-corrected chi connectivity index (χ0v) is 13.9. The number of piperidine rings is 1. The fourth-order valence-electron chi connectivity index (χ4n) is 3.25. The molecule has 4 heteroatoms. The van der Waals surface area contributed by atoms with Gasteiger partial charge in [0.1, 0.15) is 0 Å². The van der Waals surface area contributed by atoms with Crippen molar-refractivity contribution in [3.63, 3.8) is 0 Å². The minimum Gasteiger partial charge on any atom is -0.336 e. The molecule has 1 aliphatic rings. The van der Waals surface area contributed by atoms with Gasteiger partial charge in [-0.15, -0.1) is 11.3 Å². The Bertz CT molecular complexity index is 702. The first-order chi connectivity index (χ1) is 11.3. The second-order valence-electron chi connectivity index (χ2n) is 5.92. The third-order valence-corrected chi connectivity index (χ3v) is 5.41. The highest BCUT2D eigenvalue weighted by Gasteiger charge is 2.28. The topological polar surface area (TPSA) is 44.1 Å². The summed E-state index contributed by atoms with van der Waals surface area (Å²) in [6.07, 6.45) is 5.31. The van der Waals surface area contributed by atoms with Gasteiger partial charge in [-0.05, 0) is 55.7 Å². The quantitative estimate of drug-likeness (QED) is 0.844. The lowest BCUT2D eigenvalue weighted by Gasteiger charge is -2.36. The van der Waals surface area contributed by atoms with Crippen LogP contribution in [-0.4, -0.2) is 23.4 Å². The molecule has 0 radical (unpaired) electrons. The van der Waals surface area contributed by atoms with Crippen molar-refractivity contribution in [2.45, 2.75) is 38.1 Å². The smallest absolute Gasteiger partial charge is 0.255 e. The Hall–Kier alpha value is -2.12. The predicted octanol–water partition coefficient (Wildman–Crippen LogP) is 4.25. The highest BCUT2D eigenvalue weighted by molar-refractivity contribution is 7.09. The van der Waals surface area contributed by atoms with Crippen molar-refractivity contribution < 1.29 is 4.79 Å². The van der Waals surface area contributed by atoms with E-state index in [4.69, 9.17) is 0 Å². The molecule has 1 aliphatic heterocycles. The van der Waals surface area contributed by atoms with Crippen molar-refractivity contribution >= 4 is 17.2 Å². The first-order valence-corrected chi connectivity index (χ1v) is 9.00. The van der Waals surface area contributed by atoms with Gasteiger partial charge in [0.05, 0.1) is 17.2 Å². The van der Waals surface area contributed by atoms with Crippen molar-refractivity contribution in [3.05, 3.63) is 57.8 Å². The van der Waals surface area contributed by atoms with Crippen molar-refractivity contribution in [1.29, 1.82) is 5.26 Å². The van der Waals surface area contributed by atoms with Crippen LogP contribution in [0.2, 0.25) is 0 Å². The second kappa shape index (κ2) is 7.43. The van der Waals surface area contributed by atoms with E-state index in [1.807, 2.05) is 11.0 Å². The number of carbonyl (C=O) groups is 1. The van der Waals surface area contributed by atoms with Gasteiger partial charge in [-0.1, -0.05) is 18.2 Å². The second-order valence-corrected chi connectivity index (χ2v) is 6.96. The third-order valence-electron chi connectivity index (χ3n) is 4.47. The van der Waals surface area contributed by atoms with Gasteiger partial charge >= 0.3 is 0 Å². The summed E-state index contributed by atoms with van der Waals surface area (Å²) in [6.45, 7) is 0.799. The number of carbonyl (C=O) groups excluding carboxylic acids is 1. The van der Waals surface area contributed by atoms with Crippen LogP contribution in [0.25, 0.3) is 0 Å². The molecule has 2 aromatic rings. The molecule has 23 heavy (non-hydrogen) atoms. The van der Waals surface area contributed by atoms with Crippen molar-refractivity contribution in [2.24, 2.45) is 0 Å². The molecule has 118 valence electrons. The van der Waals surface area contributed by atoms with Crippen molar-refractivity contribution in [1.82, 2.24) is 4.90 Å². The predicted molar refractivity (Wildman–Crippen MR) is 92.5 cm³/mol. The zero-order chi connectivity index (χ0) is 16.1. The highest BCUT2D eigenvalue weighted by atomic mass is 32.1. The van der Waals surface area contributed by atoms with Gasteiger partial charge < -0.3 is 4.90 Å². The van der Waals surface area contributed by atoms with Crippen LogP contribution in [-0.2, 0) is 6.42 Å². The van der Waals surface area contributed by atoms with E-state index >= 15 is 0 Å². The maximum atomic E-state index is 12.9. The molecule has 1 atom stereocenters. The molecule has 0 spiro atoms. The summed E-state index contributed by atoms with van der Waals surface area (Å²) in [5, 5.41) is 11.3. The summed E-state index contributed by atoms with van der Waals surface area (Å²) in [6, 6.07) is 13.8. The number of nitriles is 1. The average Bonchev–Trinajstić information content (AvgIpc) is 3.13. The number of nitrogens with zero attached hydrogens (tertiary/aromatic N) is 2. The highest BCUT2D eigenvalue weighted by Crippen LogP contribution is 2.25. The summed E-state index contributed by atoms with van der Waals surface area (Å²) in [4.78, 5) is 16.3. The van der Waals surface area contributed by atoms with Crippen molar-refractivity contribution in [3.8, 4) is 6.07 Å². The molecule has 0 aliphatic carbocycles. The van der Waals surface area contributed by atoms with Crippen LogP contribution in [0.5, 0.6) is 0 Å². The molecular weight excluding hydrogens is 304 g/mol. The van der Waals surface area contributed by atoms with E-state index in [0.717, 1.165) is 32.2 Å². The Balaban J connectivity index is 1.75. The van der Waals surface area contributed by atoms with E-state index in [2.05, 4.69) is 23.6 Å². The molecule has 1 amide bonds. The number of likely N-dealkylation sites (tertiary alicyclic amines) is 1. The van der Waals surface area contributed by atoms with E-state index in [1.54, 1.807) is 29.5 Å². The van der Waals surface area contributed by atoms with Crippen LogP contribution in [0.15, 0.2) is 41.8 Å². The molecule has 3 rings (SSSR count). The van der Waals surface area contributed by atoms with Gasteiger partial charge in [-0.2, -0.15) is 5.26 Å². The van der Waals surface area contributed by atoms with E-state index in [-0.39, 0.29) is 11.9 Å². The van der Waals surface area contributed by atoms with Crippen LogP contribution < -0.4 is 0 Å². The monoisotopic (exact) mass is 324 g/mol. The van der Waals surface area contributed by atoms with Gasteiger partial charge in [0.25, 0.3) is 5.91 Å². The van der Waals surface area contributed by atoms with Crippen LogP contribution in [0, 0.1) is 11.3 Å². The summed E-state index contributed by atoms with van der Waals surface area (Å²) in [5.74, 6) is 0.0121. The fourth-order valence-corrected chi connectivity index (χ4v) is 3.98. The van der Waals surface area contributed by atoms with Crippen LogP contribution in [0.1, 0.15) is 46.5 Å². The summed E-state index contributed by atoms with van der Waals surface area (Å²) in [5.41, 5.74) is 1.01. The zero-order valence-electron chi connectivity index (χ0n) is 13.1. The summed E-state index contributed by atoms with van der Waals surface area (Å²) in [7, 11) is 0. The lowest BCUT2D eigenvalue weighted by molar-refractivity contribution is 0.0602. The first kappa shape index (κ1) is 15.8. The number of benzene rings is 1. The number of rotatable bonds is 4.